The number of carboxylic acids is 1. The summed E-state index contributed by atoms with van der Waals surface area (Å²) in [6.07, 6.45) is 0.224. The average molecular weight is 593 g/mol. The zero-order chi connectivity index (χ0) is 29.7. The Balaban J connectivity index is 1.30. The zero-order valence-electron chi connectivity index (χ0n) is 22.1. The molecular weight excluding hydrogens is 564 g/mol. The first-order valence-corrected chi connectivity index (χ1v) is 15.1. The first-order chi connectivity index (χ1) is 19.2. The quantitative estimate of drug-likeness (QED) is 0.270. The van der Waals surface area contributed by atoms with Crippen molar-refractivity contribution in [3.63, 3.8) is 0 Å². The topological polar surface area (TPSA) is 89.9 Å². The maximum absolute atomic E-state index is 14.7. The van der Waals surface area contributed by atoms with E-state index in [0.717, 1.165) is 29.5 Å². The number of sulfone groups is 1. The second-order valence-corrected chi connectivity index (χ2v) is 13.0. The smallest absolute Gasteiger partial charge is 0.417 e. The molecule has 2 saturated carbocycles. The Labute approximate surface area is 234 Å². The van der Waals surface area contributed by atoms with E-state index >= 15 is 0 Å². The van der Waals surface area contributed by atoms with Gasteiger partial charge in [-0.3, -0.25) is 4.79 Å². The van der Waals surface area contributed by atoms with Crippen LogP contribution in [0.2, 0.25) is 0 Å². The summed E-state index contributed by atoms with van der Waals surface area (Å²) in [5, 5.41) is 9.34. The maximum atomic E-state index is 14.7. The van der Waals surface area contributed by atoms with Gasteiger partial charge in [0.2, 0.25) is 0 Å². The fraction of sp³-hybridized carbons (Fsp3) is 0.367. The van der Waals surface area contributed by atoms with Crippen molar-refractivity contribution in [2.75, 3.05) is 18.6 Å². The first kappa shape index (κ1) is 29.1. The van der Waals surface area contributed by atoms with Gasteiger partial charge in [0.1, 0.15) is 27.5 Å². The van der Waals surface area contributed by atoms with E-state index in [1.165, 1.54) is 24.3 Å². The largest absolute Gasteiger partial charge is 0.494 e. The molecule has 6 nitrogen and oxygen atoms in total. The molecule has 1 N–H and O–H groups in total. The normalized spacial score (nSPS) is 23.4. The maximum Gasteiger partial charge on any atom is 0.417 e. The lowest BCUT2D eigenvalue weighted by atomic mass is 9.90. The minimum absolute atomic E-state index is 0.0160. The predicted octanol–water partition coefficient (Wildman–Crippen LogP) is 5.98. The molecule has 0 spiro atoms. The predicted molar refractivity (Wildman–Crippen MR) is 143 cm³/mol. The highest BCUT2D eigenvalue weighted by Gasteiger charge is 2.61. The van der Waals surface area contributed by atoms with Gasteiger partial charge in [-0.15, -0.1) is 0 Å². The molecule has 0 bridgehead atoms. The van der Waals surface area contributed by atoms with E-state index in [9.17, 15) is 35.9 Å². The fourth-order valence-electron chi connectivity index (χ4n) is 5.70. The Morgan fingerprint density at radius 3 is 2.61 bits per heavy atom. The Hall–Kier alpha value is -3.44. The zero-order valence-corrected chi connectivity index (χ0v) is 22.9. The number of aliphatic carboxylic acids is 1. The van der Waals surface area contributed by atoms with Gasteiger partial charge in [-0.25, -0.2) is 12.8 Å². The van der Waals surface area contributed by atoms with Gasteiger partial charge < -0.3 is 14.6 Å². The van der Waals surface area contributed by atoms with Gasteiger partial charge in [0.25, 0.3) is 0 Å². The number of hydrogen-bond donors (Lipinski definition) is 1. The van der Waals surface area contributed by atoms with Gasteiger partial charge in [0.15, 0.2) is 0 Å². The van der Waals surface area contributed by atoms with Gasteiger partial charge in [0.05, 0.1) is 30.4 Å². The molecule has 0 amide bonds. The van der Waals surface area contributed by atoms with Gasteiger partial charge in [-0.1, -0.05) is 24.8 Å². The number of benzene rings is 2. The number of halogens is 4. The van der Waals surface area contributed by atoms with E-state index < -0.39 is 39.5 Å². The Morgan fingerprint density at radius 1 is 1.17 bits per heavy atom. The number of fused-ring (bicyclic) bond motifs is 3. The summed E-state index contributed by atoms with van der Waals surface area (Å²) in [7, 11) is -3.22. The van der Waals surface area contributed by atoms with Crippen molar-refractivity contribution in [2.45, 2.75) is 31.7 Å². The second kappa shape index (κ2) is 10.8. The van der Waals surface area contributed by atoms with Crippen LogP contribution in [-0.2, 0) is 32.2 Å². The third-order valence-corrected chi connectivity index (χ3v) is 8.73. The summed E-state index contributed by atoms with van der Waals surface area (Å²) >= 11 is 0. The number of hydrogen-bond acceptors (Lipinski definition) is 5. The summed E-state index contributed by atoms with van der Waals surface area (Å²) in [5.74, 6) is -1.97. The summed E-state index contributed by atoms with van der Waals surface area (Å²) < 4.78 is 90.5. The van der Waals surface area contributed by atoms with E-state index in [0.29, 0.717) is 12.0 Å². The lowest BCUT2D eigenvalue weighted by molar-refractivity contribution is -0.139. The standard InChI is InChI=1S/C30H28F4O6S/c1-16-10-22-18(12-23-27(22)28(23)29(35)36)13-26(16)40-15-19-11-17(4-7-25(19)31)21-6-5-20(14-24(21)30(32,33)34)39-8-3-9-41(2,37)38/h4-7,10-11,13-14,23,26-28H,1,3,8-9,12,15H2,2H3,(H,35,36). The molecule has 4 atom stereocenters. The van der Waals surface area contributed by atoms with Crippen LogP contribution in [0.3, 0.4) is 0 Å². The van der Waals surface area contributed by atoms with Crippen molar-refractivity contribution in [2.24, 2.45) is 17.8 Å². The van der Waals surface area contributed by atoms with Crippen molar-refractivity contribution in [1.29, 1.82) is 0 Å². The molecule has 2 aromatic carbocycles. The summed E-state index contributed by atoms with van der Waals surface area (Å²) in [6.45, 7) is 3.72. The Bertz CT molecular complexity index is 1570. The molecule has 3 aliphatic rings. The van der Waals surface area contributed by atoms with Crippen LogP contribution in [0.4, 0.5) is 17.6 Å². The van der Waals surface area contributed by atoms with Crippen molar-refractivity contribution in [3.8, 4) is 16.9 Å². The minimum Gasteiger partial charge on any atom is -0.494 e. The summed E-state index contributed by atoms with van der Waals surface area (Å²) in [4.78, 5) is 11.4. The molecule has 0 saturated heterocycles. The van der Waals surface area contributed by atoms with Crippen LogP contribution in [0.25, 0.3) is 11.1 Å². The molecule has 218 valence electrons. The number of ether oxygens (including phenoxy) is 2. The van der Waals surface area contributed by atoms with Crippen molar-refractivity contribution in [1.82, 2.24) is 0 Å². The average Bonchev–Trinajstić information content (AvgIpc) is 3.49. The highest BCUT2D eigenvalue weighted by Crippen LogP contribution is 2.63. The van der Waals surface area contributed by atoms with Crippen LogP contribution in [0.1, 0.15) is 24.0 Å². The van der Waals surface area contributed by atoms with Gasteiger partial charge in [0, 0.05) is 17.7 Å². The number of allylic oxidation sites excluding steroid dienone is 2. The molecule has 2 aromatic rings. The third kappa shape index (κ3) is 6.25. The van der Waals surface area contributed by atoms with E-state index in [4.69, 9.17) is 9.47 Å². The molecule has 0 aliphatic heterocycles. The van der Waals surface area contributed by atoms with Crippen LogP contribution >= 0.6 is 0 Å². The molecule has 41 heavy (non-hydrogen) atoms. The Morgan fingerprint density at radius 2 is 1.93 bits per heavy atom. The van der Waals surface area contributed by atoms with Gasteiger partial charge in [-0.2, -0.15) is 13.2 Å². The van der Waals surface area contributed by atoms with Crippen LogP contribution in [0.5, 0.6) is 5.75 Å². The van der Waals surface area contributed by atoms with Crippen molar-refractivity contribution in [3.05, 3.63) is 88.8 Å². The molecule has 4 unspecified atom stereocenters. The van der Waals surface area contributed by atoms with Gasteiger partial charge >= 0.3 is 12.1 Å². The third-order valence-electron chi connectivity index (χ3n) is 7.70. The summed E-state index contributed by atoms with van der Waals surface area (Å²) in [6, 6.07) is 7.10. The lowest BCUT2D eigenvalue weighted by Gasteiger charge is -2.23. The van der Waals surface area contributed by atoms with Crippen molar-refractivity contribution < 1.29 is 45.4 Å². The van der Waals surface area contributed by atoms with Crippen LogP contribution in [0.15, 0.2) is 71.8 Å². The van der Waals surface area contributed by atoms with Gasteiger partial charge in [-0.05, 0) is 76.9 Å². The first-order valence-electron chi connectivity index (χ1n) is 13.0. The molecule has 0 heterocycles. The number of rotatable bonds is 10. The van der Waals surface area contributed by atoms with E-state index in [1.54, 1.807) is 0 Å². The highest BCUT2D eigenvalue weighted by molar-refractivity contribution is 7.90. The summed E-state index contributed by atoms with van der Waals surface area (Å²) in [5.41, 5.74) is 1.62. The highest BCUT2D eigenvalue weighted by atomic mass is 32.2. The van der Waals surface area contributed by atoms with E-state index in [-0.39, 0.29) is 65.6 Å². The molecule has 3 aliphatic carbocycles. The SMILES string of the molecule is C=C1C=C2C(=CC1OCc1cc(-c3ccc(OCCCS(C)(=O)=O)cc3C(F)(F)F)ccc1F)CC1C(C(=O)O)C21. The fourth-order valence-corrected chi connectivity index (χ4v) is 6.34. The molecule has 2 fully saturated rings. The monoisotopic (exact) mass is 592 g/mol. The van der Waals surface area contributed by atoms with Crippen molar-refractivity contribution >= 4 is 15.8 Å². The van der Waals surface area contributed by atoms with Crippen LogP contribution in [0, 0.1) is 23.6 Å². The molecule has 0 aromatic heterocycles. The van der Waals surface area contributed by atoms with Crippen LogP contribution in [-0.4, -0.2) is 44.2 Å². The number of alkyl halides is 3. The van der Waals surface area contributed by atoms with E-state index in [2.05, 4.69) is 6.58 Å². The Kier molecular flexibility index (Phi) is 7.63. The number of carboxylic acid groups (broad SMARTS) is 1. The minimum atomic E-state index is -4.73. The molecule has 11 heteroatoms. The van der Waals surface area contributed by atoms with E-state index in [1.807, 2.05) is 12.2 Å². The number of carbonyl (C=O) groups is 1. The molecule has 0 radical (unpaired) electrons. The lowest BCUT2D eigenvalue weighted by Crippen LogP contribution is -2.18. The second-order valence-electron chi connectivity index (χ2n) is 10.7. The van der Waals surface area contributed by atoms with Crippen LogP contribution < -0.4 is 4.74 Å². The molecule has 5 rings (SSSR count). The molecular formula is C30H28F4O6S.